The zero-order chi connectivity index (χ0) is 17.6. The summed E-state index contributed by atoms with van der Waals surface area (Å²) >= 11 is 0. The van der Waals surface area contributed by atoms with E-state index in [-0.39, 0.29) is 10.2 Å². The van der Waals surface area contributed by atoms with Crippen molar-refractivity contribution in [1.29, 1.82) is 0 Å². The number of hydrogen-bond acceptors (Lipinski definition) is 4. The third kappa shape index (κ3) is 3.24. The Morgan fingerprint density at radius 3 is 2.17 bits per heavy atom. The number of halogens is 6. The van der Waals surface area contributed by atoms with Crippen molar-refractivity contribution in [2.45, 2.75) is 19.3 Å². The Morgan fingerprint density at radius 2 is 1.74 bits per heavy atom. The zero-order valence-corrected chi connectivity index (χ0v) is 11.1. The summed E-state index contributed by atoms with van der Waals surface area (Å²) in [5.74, 6) is -3.83. The van der Waals surface area contributed by atoms with Crippen LogP contribution in [0.2, 0.25) is 0 Å². The topological polar surface area (TPSA) is 73.8 Å². The van der Waals surface area contributed by atoms with E-state index in [0.717, 1.165) is 18.2 Å². The van der Waals surface area contributed by atoms with E-state index in [9.17, 15) is 36.5 Å². The van der Waals surface area contributed by atoms with Gasteiger partial charge in [0.25, 0.3) is 11.5 Å². The maximum Gasteiger partial charge on any atom is 0.453 e. The molecule has 0 bridgehead atoms. The van der Waals surface area contributed by atoms with Gasteiger partial charge in [0.2, 0.25) is 5.82 Å². The molecule has 0 spiro atoms. The van der Waals surface area contributed by atoms with Crippen LogP contribution >= 0.6 is 0 Å². The van der Waals surface area contributed by atoms with Gasteiger partial charge in [0.1, 0.15) is 0 Å². The quantitative estimate of drug-likeness (QED) is 0.476. The lowest BCUT2D eigenvalue weighted by Crippen LogP contribution is -2.14. The van der Waals surface area contributed by atoms with Gasteiger partial charge in [-0.1, -0.05) is 0 Å². The number of aromatic nitrogens is 3. The van der Waals surface area contributed by atoms with Gasteiger partial charge in [-0.25, -0.2) is 4.68 Å². The number of rotatable bonds is 2. The van der Waals surface area contributed by atoms with Gasteiger partial charge in [0, 0.05) is 11.6 Å². The highest BCUT2D eigenvalue weighted by atomic mass is 19.4. The molecule has 0 aliphatic carbocycles. The highest BCUT2D eigenvalue weighted by Gasteiger charge is 2.44. The molecule has 124 valence electrons. The lowest BCUT2D eigenvalue weighted by molar-refractivity contribution is -0.385. The fraction of sp³-hybridized carbons (Fsp3) is 0.273. The first-order chi connectivity index (χ1) is 10.4. The number of aryl methyl sites for hydroxylation is 1. The monoisotopic (exact) mass is 340 g/mol. The Morgan fingerprint density at radius 1 is 1.13 bits per heavy atom. The molecule has 0 unspecified atom stereocenters. The summed E-state index contributed by atoms with van der Waals surface area (Å²) in [6.07, 6.45) is -10.4. The smallest absolute Gasteiger partial charge is 0.258 e. The highest BCUT2D eigenvalue weighted by Crippen LogP contribution is 2.34. The molecule has 1 heterocycles. The molecule has 0 radical (unpaired) electrons. The Kier molecular flexibility index (Phi) is 3.78. The molecule has 0 aliphatic rings. The Hall–Kier alpha value is -2.66. The molecule has 0 saturated heterocycles. The number of hydrogen-bond donors (Lipinski definition) is 0. The van der Waals surface area contributed by atoms with Crippen molar-refractivity contribution in [3.63, 3.8) is 0 Å². The van der Waals surface area contributed by atoms with Crippen LogP contribution in [-0.4, -0.2) is 19.7 Å². The van der Waals surface area contributed by atoms with Gasteiger partial charge in [0.05, 0.1) is 10.6 Å². The molecule has 0 saturated carbocycles. The molecule has 23 heavy (non-hydrogen) atoms. The number of nitro benzene ring substituents is 1. The van der Waals surface area contributed by atoms with Crippen molar-refractivity contribution < 1.29 is 31.3 Å². The van der Waals surface area contributed by atoms with Gasteiger partial charge >= 0.3 is 12.4 Å². The SMILES string of the molecule is Cc1cc(-n2nc(C(F)(F)F)nc2C(F)(F)F)ccc1[N+](=O)[O-]. The van der Waals surface area contributed by atoms with Gasteiger partial charge < -0.3 is 0 Å². The number of benzene rings is 1. The average molecular weight is 340 g/mol. The summed E-state index contributed by atoms with van der Waals surface area (Å²) in [4.78, 5) is 12.4. The predicted octanol–water partition coefficient (Wildman–Crippen LogP) is 3.52. The van der Waals surface area contributed by atoms with Crippen LogP contribution in [0.4, 0.5) is 32.0 Å². The van der Waals surface area contributed by atoms with Gasteiger partial charge in [-0.3, -0.25) is 10.1 Å². The van der Waals surface area contributed by atoms with Crippen LogP contribution < -0.4 is 0 Å². The second-order valence-electron chi connectivity index (χ2n) is 4.39. The molecular formula is C11H6F6N4O2. The van der Waals surface area contributed by atoms with Crippen LogP contribution in [0.25, 0.3) is 5.69 Å². The molecule has 0 atom stereocenters. The summed E-state index contributed by atoms with van der Waals surface area (Å²) < 4.78 is 76.1. The number of nitrogens with zero attached hydrogens (tertiary/aromatic N) is 4. The first-order valence-corrected chi connectivity index (χ1v) is 5.78. The van der Waals surface area contributed by atoms with E-state index in [1.807, 2.05) is 0 Å². The van der Waals surface area contributed by atoms with E-state index in [1.165, 1.54) is 6.92 Å². The summed E-state index contributed by atoms with van der Waals surface area (Å²) in [6.45, 7) is 1.23. The molecule has 0 N–H and O–H groups in total. The normalized spacial score (nSPS) is 12.5. The van der Waals surface area contributed by atoms with Crippen molar-refractivity contribution in [2.24, 2.45) is 0 Å². The van der Waals surface area contributed by atoms with Crippen molar-refractivity contribution >= 4 is 5.69 Å². The molecular weight excluding hydrogens is 334 g/mol. The second kappa shape index (κ2) is 5.21. The summed E-state index contributed by atoms with van der Waals surface area (Å²) in [6, 6.07) is 2.65. The molecule has 0 aliphatic heterocycles. The Labute approximate surface area is 123 Å². The molecule has 2 rings (SSSR count). The van der Waals surface area contributed by atoms with Crippen LogP contribution in [0.15, 0.2) is 18.2 Å². The van der Waals surface area contributed by atoms with E-state index < -0.39 is 40.3 Å². The minimum absolute atomic E-state index is 0.0373. The Balaban J connectivity index is 2.65. The molecule has 1 aromatic carbocycles. The maximum absolute atomic E-state index is 12.8. The van der Waals surface area contributed by atoms with Gasteiger partial charge in [0.15, 0.2) is 0 Å². The predicted molar refractivity (Wildman–Crippen MR) is 62.8 cm³/mol. The summed E-state index contributed by atoms with van der Waals surface area (Å²) in [5.41, 5.74) is -0.855. The van der Waals surface area contributed by atoms with Crippen LogP contribution in [0.5, 0.6) is 0 Å². The molecule has 2 aromatic rings. The maximum atomic E-state index is 12.8. The molecule has 0 fully saturated rings. The average Bonchev–Trinajstić information content (AvgIpc) is 2.82. The van der Waals surface area contributed by atoms with E-state index in [4.69, 9.17) is 0 Å². The van der Waals surface area contributed by atoms with Crippen molar-refractivity contribution in [1.82, 2.24) is 14.8 Å². The van der Waals surface area contributed by atoms with Crippen molar-refractivity contribution in [3.05, 3.63) is 45.5 Å². The summed E-state index contributed by atoms with van der Waals surface area (Å²) in [5, 5.41) is 13.5. The third-order valence-corrected chi connectivity index (χ3v) is 2.74. The van der Waals surface area contributed by atoms with Crippen LogP contribution in [-0.2, 0) is 12.4 Å². The first-order valence-electron chi connectivity index (χ1n) is 5.78. The number of nitro groups is 1. The molecule has 1 aromatic heterocycles. The molecule has 0 amide bonds. The third-order valence-electron chi connectivity index (χ3n) is 2.74. The molecule has 6 nitrogen and oxygen atoms in total. The lowest BCUT2D eigenvalue weighted by atomic mass is 10.2. The van der Waals surface area contributed by atoms with Crippen molar-refractivity contribution in [3.8, 4) is 5.69 Å². The van der Waals surface area contributed by atoms with Gasteiger partial charge in [-0.15, -0.1) is 5.10 Å². The van der Waals surface area contributed by atoms with E-state index in [2.05, 4.69) is 10.1 Å². The van der Waals surface area contributed by atoms with E-state index in [0.29, 0.717) is 0 Å². The fourth-order valence-electron chi connectivity index (χ4n) is 1.77. The summed E-state index contributed by atoms with van der Waals surface area (Å²) in [7, 11) is 0. The number of alkyl halides is 6. The largest absolute Gasteiger partial charge is 0.453 e. The van der Waals surface area contributed by atoms with Crippen LogP contribution in [0.1, 0.15) is 17.2 Å². The van der Waals surface area contributed by atoms with Gasteiger partial charge in [-0.05, 0) is 19.1 Å². The zero-order valence-electron chi connectivity index (χ0n) is 11.1. The lowest BCUT2D eigenvalue weighted by Gasteiger charge is -2.09. The van der Waals surface area contributed by atoms with Crippen LogP contribution in [0.3, 0.4) is 0 Å². The minimum atomic E-state index is -5.19. The highest BCUT2D eigenvalue weighted by molar-refractivity contribution is 5.47. The van der Waals surface area contributed by atoms with Crippen LogP contribution in [0, 0.1) is 17.0 Å². The second-order valence-corrected chi connectivity index (χ2v) is 4.39. The van der Waals surface area contributed by atoms with Gasteiger partial charge in [-0.2, -0.15) is 31.3 Å². The van der Waals surface area contributed by atoms with Crippen molar-refractivity contribution in [2.75, 3.05) is 0 Å². The Bertz CT molecular complexity index is 765. The minimum Gasteiger partial charge on any atom is -0.258 e. The van der Waals surface area contributed by atoms with E-state index >= 15 is 0 Å². The van der Waals surface area contributed by atoms with E-state index in [1.54, 1.807) is 0 Å². The molecule has 12 heteroatoms. The fourth-order valence-corrected chi connectivity index (χ4v) is 1.77. The standard InChI is InChI=1S/C11H6F6N4O2/c1-5-4-6(2-3-7(5)21(22)23)20-9(11(15,16)17)18-8(19-20)10(12,13)14/h2-4H,1H3. The first kappa shape index (κ1) is 16.7.